The fourth-order valence-corrected chi connectivity index (χ4v) is 2.26. The van der Waals surface area contributed by atoms with Gasteiger partial charge in [0.25, 0.3) is 0 Å². The highest BCUT2D eigenvalue weighted by Crippen LogP contribution is 2.22. The molecule has 122 valence electrons. The zero-order valence-corrected chi connectivity index (χ0v) is 13.0. The minimum Gasteiger partial charge on any atom is -0.545 e. The van der Waals surface area contributed by atoms with Crippen LogP contribution in [-0.2, 0) is 6.42 Å². The molecule has 0 amide bonds. The van der Waals surface area contributed by atoms with Gasteiger partial charge in [-0.05, 0) is 52.2 Å². The number of carbonyl (C=O) groups excluding carboxylic acids is 1. The van der Waals surface area contributed by atoms with Gasteiger partial charge in [-0.25, -0.2) is 0 Å². The first-order valence-corrected chi connectivity index (χ1v) is 7.54. The summed E-state index contributed by atoms with van der Waals surface area (Å²) in [5, 5.41) is 22.1. The van der Waals surface area contributed by atoms with Gasteiger partial charge in [0.1, 0.15) is 5.75 Å². The van der Waals surface area contributed by atoms with E-state index in [-0.39, 0.29) is 11.6 Å². The van der Waals surface area contributed by atoms with Crippen LogP contribution in [0.25, 0.3) is 5.69 Å². The Balaban J connectivity index is 1.81. The summed E-state index contributed by atoms with van der Waals surface area (Å²) < 4.78 is 7.10. The van der Waals surface area contributed by atoms with E-state index in [1.54, 1.807) is 12.1 Å². The number of hydrogen-bond acceptors (Lipinski definition) is 6. The molecule has 0 unspecified atom stereocenters. The predicted octanol–water partition coefficient (Wildman–Crippen LogP) is 1.77. The molecule has 0 aliphatic rings. The van der Waals surface area contributed by atoms with E-state index in [1.807, 2.05) is 24.3 Å². The SMILES string of the molecule is CCCc1ccc(Oc2nnnn2-c2ccc(C(=O)[O-])cc2)cc1. The fraction of sp³-hybridized carbons (Fsp3) is 0.176. The third kappa shape index (κ3) is 3.40. The first kappa shape index (κ1) is 15.7. The maximum Gasteiger partial charge on any atom is 0.345 e. The number of tetrazole rings is 1. The first-order valence-electron chi connectivity index (χ1n) is 7.54. The van der Waals surface area contributed by atoms with Gasteiger partial charge >= 0.3 is 6.01 Å². The second-order valence-electron chi connectivity index (χ2n) is 5.20. The van der Waals surface area contributed by atoms with Crippen LogP contribution < -0.4 is 9.84 Å². The van der Waals surface area contributed by atoms with Gasteiger partial charge in [-0.15, -0.1) is 0 Å². The Morgan fingerprint density at radius 1 is 1.12 bits per heavy atom. The molecular weight excluding hydrogens is 308 g/mol. The minimum atomic E-state index is -1.23. The molecule has 0 N–H and O–H groups in total. The van der Waals surface area contributed by atoms with E-state index in [9.17, 15) is 9.90 Å². The maximum absolute atomic E-state index is 10.8. The Labute approximate surface area is 138 Å². The molecule has 3 rings (SSSR count). The molecule has 1 aromatic heterocycles. The Hall–Kier alpha value is -3.22. The molecule has 0 radical (unpaired) electrons. The number of rotatable bonds is 6. The van der Waals surface area contributed by atoms with Crippen molar-refractivity contribution in [3.8, 4) is 17.4 Å². The molecule has 0 aliphatic heterocycles. The van der Waals surface area contributed by atoms with Crippen molar-refractivity contribution in [1.29, 1.82) is 0 Å². The lowest BCUT2D eigenvalue weighted by Crippen LogP contribution is -2.22. The quantitative estimate of drug-likeness (QED) is 0.686. The molecule has 0 saturated carbocycles. The Bertz CT molecular complexity index is 826. The monoisotopic (exact) mass is 323 g/mol. The van der Waals surface area contributed by atoms with E-state index in [2.05, 4.69) is 22.4 Å². The third-order valence-corrected chi connectivity index (χ3v) is 3.46. The smallest absolute Gasteiger partial charge is 0.345 e. The number of hydrogen-bond donors (Lipinski definition) is 0. The number of aromatic nitrogens is 4. The maximum atomic E-state index is 10.8. The highest BCUT2D eigenvalue weighted by Gasteiger charge is 2.11. The van der Waals surface area contributed by atoms with Crippen LogP contribution in [0.2, 0.25) is 0 Å². The van der Waals surface area contributed by atoms with E-state index in [0.29, 0.717) is 11.4 Å². The summed E-state index contributed by atoms with van der Waals surface area (Å²) in [4.78, 5) is 10.8. The molecule has 0 bridgehead atoms. The second-order valence-corrected chi connectivity index (χ2v) is 5.20. The number of aromatic carboxylic acids is 1. The largest absolute Gasteiger partial charge is 0.545 e. The third-order valence-electron chi connectivity index (χ3n) is 3.46. The van der Waals surface area contributed by atoms with Gasteiger partial charge in [-0.1, -0.05) is 42.7 Å². The molecular formula is C17H15N4O3-. The first-order chi connectivity index (χ1) is 11.7. The van der Waals surface area contributed by atoms with Gasteiger partial charge in [0.05, 0.1) is 11.7 Å². The van der Waals surface area contributed by atoms with Gasteiger partial charge in [-0.2, -0.15) is 4.68 Å². The van der Waals surface area contributed by atoms with E-state index >= 15 is 0 Å². The standard InChI is InChI=1S/C17H16N4O3/c1-2-3-12-4-10-15(11-5-12)24-17-18-19-20-21(17)14-8-6-13(7-9-14)16(22)23/h4-11H,2-3H2,1H3,(H,22,23)/p-1. The summed E-state index contributed by atoms with van der Waals surface area (Å²) in [5.74, 6) is -0.612. The van der Waals surface area contributed by atoms with Crippen molar-refractivity contribution >= 4 is 5.97 Å². The average molecular weight is 323 g/mol. The lowest BCUT2D eigenvalue weighted by Gasteiger charge is -2.08. The lowest BCUT2D eigenvalue weighted by molar-refractivity contribution is -0.255. The van der Waals surface area contributed by atoms with Crippen molar-refractivity contribution in [3.63, 3.8) is 0 Å². The second kappa shape index (κ2) is 6.91. The van der Waals surface area contributed by atoms with E-state index in [1.165, 1.54) is 22.4 Å². The van der Waals surface area contributed by atoms with Crippen molar-refractivity contribution in [3.05, 3.63) is 59.7 Å². The lowest BCUT2D eigenvalue weighted by atomic mass is 10.1. The molecule has 0 saturated heterocycles. The van der Waals surface area contributed by atoms with Crippen molar-refractivity contribution in [2.45, 2.75) is 19.8 Å². The zero-order chi connectivity index (χ0) is 16.9. The van der Waals surface area contributed by atoms with Crippen LogP contribution in [0.3, 0.4) is 0 Å². The topological polar surface area (TPSA) is 93.0 Å². The summed E-state index contributed by atoms with van der Waals surface area (Å²) in [6.45, 7) is 2.13. The van der Waals surface area contributed by atoms with Gasteiger partial charge in [-0.3, -0.25) is 0 Å². The Kier molecular flexibility index (Phi) is 4.51. The number of carboxylic acids is 1. The van der Waals surface area contributed by atoms with E-state index in [4.69, 9.17) is 4.74 Å². The van der Waals surface area contributed by atoms with E-state index in [0.717, 1.165) is 12.8 Å². The normalized spacial score (nSPS) is 10.5. The van der Waals surface area contributed by atoms with E-state index < -0.39 is 5.97 Å². The molecule has 0 fully saturated rings. The van der Waals surface area contributed by atoms with Crippen molar-refractivity contribution in [1.82, 2.24) is 20.2 Å². The zero-order valence-electron chi connectivity index (χ0n) is 13.0. The van der Waals surface area contributed by atoms with Gasteiger partial charge in [0, 0.05) is 0 Å². The molecule has 2 aromatic carbocycles. The van der Waals surface area contributed by atoms with Crippen LogP contribution in [0.15, 0.2) is 48.5 Å². The van der Waals surface area contributed by atoms with Crippen LogP contribution in [-0.4, -0.2) is 26.2 Å². The highest BCUT2D eigenvalue weighted by atomic mass is 16.5. The predicted molar refractivity (Wildman–Crippen MR) is 84.0 cm³/mol. The van der Waals surface area contributed by atoms with Crippen LogP contribution in [0, 0.1) is 0 Å². The molecule has 0 aliphatic carbocycles. The summed E-state index contributed by atoms with van der Waals surface area (Å²) in [6, 6.07) is 13.9. The minimum absolute atomic E-state index is 0.0841. The number of aryl methyl sites for hydroxylation is 1. The summed E-state index contributed by atoms with van der Waals surface area (Å²) >= 11 is 0. The highest BCUT2D eigenvalue weighted by molar-refractivity contribution is 5.85. The Morgan fingerprint density at radius 2 is 1.83 bits per heavy atom. The van der Waals surface area contributed by atoms with Gasteiger partial charge in [0.15, 0.2) is 0 Å². The number of benzene rings is 2. The molecule has 3 aromatic rings. The molecule has 0 atom stereocenters. The number of carboxylic acid groups (broad SMARTS) is 1. The average Bonchev–Trinajstić information content (AvgIpc) is 3.05. The molecule has 7 heteroatoms. The number of ether oxygens (including phenoxy) is 1. The molecule has 24 heavy (non-hydrogen) atoms. The summed E-state index contributed by atoms with van der Waals surface area (Å²) in [6.07, 6.45) is 2.10. The van der Waals surface area contributed by atoms with Crippen LogP contribution in [0.5, 0.6) is 11.8 Å². The number of nitrogens with zero attached hydrogens (tertiary/aromatic N) is 4. The molecule has 1 heterocycles. The molecule has 0 spiro atoms. The van der Waals surface area contributed by atoms with Crippen LogP contribution >= 0.6 is 0 Å². The Morgan fingerprint density at radius 3 is 2.46 bits per heavy atom. The van der Waals surface area contributed by atoms with Crippen LogP contribution in [0.1, 0.15) is 29.3 Å². The van der Waals surface area contributed by atoms with Gasteiger partial charge in [0.2, 0.25) is 0 Å². The van der Waals surface area contributed by atoms with Crippen molar-refractivity contribution < 1.29 is 14.6 Å². The van der Waals surface area contributed by atoms with Gasteiger partial charge < -0.3 is 14.6 Å². The molecule has 7 nitrogen and oxygen atoms in total. The summed E-state index contributed by atoms with van der Waals surface area (Å²) in [5.41, 5.74) is 1.91. The summed E-state index contributed by atoms with van der Waals surface area (Å²) in [7, 11) is 0. The van der Waals surface area contributed by atoms with Crippen LogP contribution in [0.4, 0.5) is 0 Å². The van der Waals surface area contributed by atoms with Crippen molar-refractivity contribution in [2.75, 3.05) is 0 Å². The van der Waals surface area contributed by atoms with Crippen molar-refractivity contribution in [2.24, 2.45) is 0 Å². The number of carbonyl (C=O) groups is 1. The fourth-order valence-electron chi connectivity index (χ4n) is 2.26.